The first-order valence-electron chi connectivity index (χ1n) is 5.31. The first kappa shape index (κ1) is 11.4. The third-order valence-corrected chi connectivity index (χ3v) is 2.88. The molecule has 6 heteroatoms. The highest BCUT2D eigenvalue weighted by molar-refractivity contribution is 5.79. The van der Waals surface area contributed by atoms with Gasteiger partial charge < -0.3 is 5.11 Å². The number of nitrogens with zero attached hydrogens (tertiary/aromatic N) is 3. The summed E-state index contributed by atoms with van der Waals surface area (Å²) in [4.78, 5) is 27.1. The summed E-state index contributed by atoms with van der Waals surface area (Å²) in [5, 5.41) is 9.13. The number of rotatable bonds is 3. The topological polar surface area (TPSA) is 77.1 Å². The fourth-order valence-electron chi connectivity index (χ4n) is 1.98. The van der Waals surface area contributed by atoms with E-state index >= 15 is 0 Å². The average molecular weight is 235 g/mol. The van der Waals surface area contributed by atoms with Crippen LogP contribution in [-0.2, 0) is 11.8 Å². The van der Waals surface area contributed by atoms with Crippen LogP contribution >= 0.6 is 0 Å². The monoisotopic (exact) mass is 235 g/mol. The molecule has 2 aromatic heterocycles. The number of aryl methyl sites for hydroxylation is 1. The molecular formula is C11H13N3O3. The van der Waals surface area contributed by atoms with E-state index in [2.05, 4.69) is 4.98 Å². The summed E-state index contributed by atoms with van der Waals surface area (Å²) in [5.74, 6) is -1.01. The molecule has 0 fully saturated rings. The number of carbonyl (C=O) groups is 1. The summed E-state index contributed by atoms with van der Waals surface area (Å²) >= 11 is 0. The molecule has 90 valence electrons. The lowest BCUT2D eigenvalue weighted by Crippen LogP contribution is -2.30. The largest absolute Gasteiger partial charge is 0.480 e. The molecule has 0 saturated carbocycles. The highest BCUT2D eigenvalue weighted by Crippen LogP contribution is 2.17. The van der Waals surface area contributed by atoms with Crippen LogP contribution in [0.3, 0.4) is 0 Å². The van der Waals surface area contributed by atoms with Gasteiger partial charge in [-0.15, -0.1) is 0 Å². The van der Waals surface area contributed by atoms with E-state index in [0.717, 1.165) is 0 Å². The Labute approximate surface area is 97.1 Å². The zero-order valence-electron chi connectivity index (χ0n) is 9.62. The number of aliphatic carboxylic acids is 1. The lowest BCUT2D eigenvalue weighted by atomic mass is 10.2. The SMILES string of the molecule is CCC(C(=O)O)n1c(=O)n(C)c2ccncc21. The van der Waals surface area contributed by atoms with Gasteiger partial charge in [0, 0.05) is 13.2 Å². The summed E-state index contributed by atoms with van der Waals surface area (Å²) < 4.78 is 2.72. The summed E-state index contributed by atoms with van der Waals surface area (Å²) in [6.07, 6.45) is 3.44. The number of hydrogen-bond acceptors (Lipinski definition) is 3. The number of carboxylic acids is 1. The standard InChI is InChI=1S/C11H13N3O3/c1-3-7(10(15)16)14-9-6-12-5-4-8(9)13(2)11(14)17/h4-7H,3H2,1-2H3,(H,15,16). The van der Waals surface area contributed by atoms with Crippen LogP contribution in [0.5, 0.6) is 0 Å². The van der Waals surface area contributed by atoms with Crippen molar-refractivity contribution in [2.24, 2.45) is 7.05 Å². The van der Waals surface area contributed by atoms with Crippen molar-refractivity contribution >= 4 is 17.0 Å². The Morgan fingerprint density at radius 1 is 1.53 bits per heavy atom. The molecule has 2 rings (SSSR count). The lowest BCUT2D eigenvalue weighted by molar-refractivity contribution is -0.141. The Hall–Kier alpha value is -2.11. The minimum atomic E-state index is -1.01. The molecule has 2 aromatic rings. The second-order valence-corrected chi connectivity index (χ2v) is 3.84. The van der Waals surface area contributed by atoms with Gasteiger partial charge in [0.15, 0.2) is 0 Å². The van der Waals surface area contributed by atoms with Crippen LogP contribution in [0.15, 0.2) is 23.3 Å². The van der Waals surface area contributed by atoms with Crippen LogP contribution in [-0.4, -0.2) is 25.2 Å². The van der Waals surface area contributed by atoms with Gasteiger partial charge in [0.05, 0.1) is 17.2 Å². The fourth-order valence-corrected chi connectivity index (χ4v) is 1.98. The Kier molecular flexibility index (Phi) is 2.71. The zero-order chi connectivity index (χ0) is 12.6. The molecule has 0 amide bonds. The van der Waals surface area contributed by atoms with Gasteiger partial charge in [-0.2, -0.15) is 0 Å². The molecule has 1 unspecified atom stereocenters. The van der Waals surface area contributed by atoms with Crippen molar-refractivity contribution in [3.63, 3.8) is 0 Å². The molecule has 2 heterocycles. The van der Waals surface area contributed by atoms with Crippen molar-refractivity contribution in [3.05, 3.63) is 28.9 Å². The Morgan fingerprint density at radius 2 is 2.24 bits per heavy atom. The van der Waals surface area contributed by atoms with Crippen molar-refractivity contribution in [2.45, 2.75) is 19.4 Å². The maximum atomic E-state index is 12.0. The highest BCUT2D eigenvalue weighted by atomic mass is 16.4. The summed E-state index contributed by atoms with van der Waals surface area (Å²) in [6, 6.07) is 0.845. The molecule has 0 saturated heterocycles. The van der Waals surface area contributed by atoms with E-state index in [4.69, 9.17) is 5.11 Å². The zero-order valence-corrected chi connectivity index (χ0v) is 9.62. The van der Waals surface area contributed by atoms with Crippen LogP contribution in [0.4, 0.5) is 0 Å². The van der Waals surface area contributed by atoms with Crippen molar-refractivity contribution < 1.29 is 9.90 Å². The molecule has 0 bridgehead atoms. The molecule has 0 aliphatic heterocycles. The molecule has 1 atom stereocenters. The lowest BCUT2D eigenvalue weighted by Gasteiger charge is -2.10. The normalized spacial score (nSPS) is 12.8. The van der Waals surface area contributed by atoms with Crippen LogP contribution in [0, 0.1) is 0 Å². The quantitative estimate of drug-likeness (QED) is 0.852. The number of carboxylic acid groups (broad SMARTS) is 1. The maximum Gasteiger partial charge on any atom is 0.329 e. The van der Waals surface area contributed by atoms with Crippen molar-refractivity contribution in [1.29, 1.82) is 0 Å². The van der Waals surface area contributed by atoms with E-state index in [1.165, 1.54) is 15.3 Å². The predicted molar refractivity (Wildman–Crippen MR) is 61.9 cm³/mol. The average Bonchev–Trinajstić information content (AvgIpc) is 2.56. The third kappa shape index (κ3) is 1.61. The van der Waals surface area contributed by atoms with E-state index in [1.807, 2.05) is 0 Å². The molecule has 1 N–H and O–H groups in total. The number of aromatic nitrogens is 3. The number of imidazole rings is 1. The predicted octanol–water partition coefficient (Wildman–Crippen LogP) is 0.771. The summed E-state index contributed by atoms with van der Waals surface area (Å²) in [6.45, 7) is 1.74. The second-order valence-electron chi connectivity index (χ2n) is 3.84. The van der Waals surface area contributed by atoms with Crippen LogP contribution in [0.25, 0.3) is 11.0 Å². The van der Waals surface area contributed by atoms with Crippen molar-refractivity contribution in [1.82, 2.24) is 14.1 Å². The Morgan fingerprint density at radius 3 is 2.82 bits per heavy atom. The van der Waals surface area contributed by atoms with Crippen LogP contribution < -0.4 is 5.69 Å². The highest BCUT2D eigenvalue weighted by Gasteiger charge is 2.23. The summed E-state index contributed by atoms with van der Waals surface area (Å²) in [7, 11) is 1.62. The number of hydrogen-bond donors (Lipinski definition) is 1. The van der Waals surface area contributed by atoms with Gasteiger partial charge in [0.1, 0.15) is 6.04 Å². The maximum absolute atomic E-state index is 12.0. The van der Waals surface area contributed by atoms with E-state index in [-0.39, 0.29) is 5.69 Å². The van der Waals surface area contributed by atoms with Gasteiger partial charge in [-0.3, -0.25) is 14.1 Å². The molecule has 0 aromatic carbocycles. The van der Waals surface area contributed by atoms with Gasteiger partial charge in [-0.05, 0) is 12.5 Å². The van der Waals surface area contributed by atoms with Gasteiger partial charge in [-0.1, -0.05) is 6.92 Å². The molecule has 17 heavy (non-hydrogen) atoms. The van der Waals surface area contributed by atoms with Gasteiger partial charge in [0.2, 0.25) is 0 Å². The first-order valence-corrected chi connectivity index (χ1v) is 5.31. The molecule has 0 aliphatic rings. The van der Waals surface area contributed by atoms with Crippen molar-refractivity contribution in [3.8, 4) is 0 Å². The minimum absolute atomic E-state index is 0.331. The van der Waals surface area contributed by atoms with Crippen LogP contribution in [0.1, 0.15) is 19.4 Å². The fraction of sp³-hybridized carbons (Fsp3) is 0.364. The molecule has 0 aliphatic carbocycles. The van der Waals surface area contributed by atoms with E-state index in [1.54, 1.807) is 26.2 Å². The van der Waals surface area contributed by atoms with Gasteiger partial charge in [-0.25, -0.2) is 9.59 Å². The Balaban J connectivity index is 2.81. The van der Waals surface area contributed by atoms with Gasteiger partial charge in [0.25, 0.3) is 0 Å². The van der Waals surface area contributed by atoms with Crippen molar-refractivity contribution in [2.75, 3.05) is 0 Å². The van der Waals surface area contributed by atoms with Gasteiger partial charge >= 0.3 is 11.7 Å². The van der Waals surface area contributed by atoms with E-state index < -0.39 is 12.0 Å². The summed E-state index contributed by atoms with van der Waals surface area (Å²) in [5.41, 5.74) is 0.904. The molecule has 0 radical (unpaired) electrons. The minimum Gasteiger partial charge on any atom is -0.480 e. The Bertz CT molecular complexity index is 626. The smallest absolute Gasteiger partial charge is 0.329 e. The molecular weight excluding hydrogens is 222 g/mol. The first-order chi connectivity index (χ1) is 8.07. The molecule has 0 spiro atoms. The second kappa shape index (κ2) is 4.04. The van der Waals surface area contributed by atoms with Crippen LogP contribution in [0.2, 0.25) is 0 Å². The molecule has 6 nitrogen and oxygen atoms in total. The van der Waals surface area contributed by atoms with E-state index in [9.17, 15) is 9.59 Å². The van der Waals surface area contributed by atoms with E-state index in [0.29, 0.717) is 17.5 Å². The third-order valence-electron chi connectivity index (χ3n) is 2.88. The number of pyridine rings is 1. The number of fused-ring (bicyclic) bond motifs is 1.